The molecule has 0 atom stereocenters. The molecule has 7 nitrogen and oxygen atoms in total. The standard InChI is InChI=1S/C18H26N6O/c1-13-9-11-18(12-10-13,23(4)17(25)19-3)16-20-21-22-24(16)15-8-6-5-7-14(15)2/h5-8,13H,9-12H2,1-4H3,(H,19,25). The van der Waals surface area contributed by atoms with Gasteiger partial charge in [0.25, 0.3) is 0 Å². The van der Waals surface area contributed by atoms with Crippen molar-refractivity contribution < 1.29 is 4.79 Å². The van der Waals surface area contributed by atoms with E-state index in [0.29, 0.717) is 5.92 Å². The van der Waals surface area contributed by atoms with Crippen LogP contribution in [-0.2, 0) is 5.54 Å². The summed E-state index contributed by atoms with van der Waals surface area (Å²) in [4.78, 5) is 14.2. The van der Waals surface area contributed by atoms with E-state index in [4.69, 9.17) is 0 Å². The van der Waals surface area contributed by atoms with Gasteiger partial charge in [0.2, 0.25) is 0 Å². The van der Waals surface area contributed by atoms with Gasteiger partial charge in [-0.1, -0.05) is 25.1 Å². The number of nitrogens with zero attached hydrogens (tertiary/aromatic N) is 5. The van der Waals surface area contributed by atoms with Crippen molar-refractivity contribution >= 4 is 6.03 Å². The first-order chi connectivity index (χ1) is 12.0. The minimum Gasteiger partial charge on any atom is -0.341 e. The second-order valence-corrected chi connectivity index (χ2v) is 7.03. The second kappa shape index (κ2) is 6.82. The van der Waals surface area contributed by atoms with Crippen LogP contribution >= 0.6 is 0 Å². The Labute approximate surface area is 148 Å². The largest absolute Gasteiger partial charge is 0.341 e. The van der Waals surface area contributed by atoms with Crippen molar-refractivity contribution in [3.8, 4) is 5.69 Å². The third-order valence-electron chi connectivity index (χ3n) is 5.49. The molecule has 25 heavy (non-hydrogen) atoms. The molecule has 0 spiro atoms. The van der Waals surface area contributed by atoms with Gasteiger partial charge in [-0.05, 0) is 60.6 Å². The Bertz CT molecular complexity index is 748. The van der Waals surface area contributed by atoms with Crippen LogP contribution in [0.5, 0.6) is 0 Å². The number of aryl methyl sites for hydroxylation is 1. The summed E-state index contributed by atoms with van der Waals surface area (Å²) in [6.45, 7) is 4.30. The third kappa shape index (κ3) is 2.99. The van der Waals surface area contributed by atoms with Gasteiger partial charge in [-0.15, -0.1) is 5.10 Å². The fraction of sp³-hybridized carbons (Fsp3) is 0.556. The molecule has 0 saturated heterocycles. The fourth-order valence-electron chi connectivity index (χ4n) is 3.75. The first-order valence-corrected chi connectivity index (χ1v) is 8.80. The van der Waals surface area contributed by atoms with Crippen molar-refractivity contribution in [1.29, 1.82) is 0 Å². The summed E-state index contributed by atoms with van der Waals surface area (Å²) in [7, 11) is 3.49. The Balaban J connectivity index is 2.11. The summed E-state index contributed by atoms with van der Waals surface area (Å²) in [6.07, 6.45) is 3.79. The van der Waals surface area contributed by atoms with Crippen molar-refractivity contribution in [3.63, 3.8) is 0 Å². The minimum absolute atomic E-state index is 0.117. The number of benzene rings is 1. The summed E-state index contributed by atoms with van der Waals surface area (Å²) < 4.78 is 1.80. The van der Waals surface area contributed by atoms with E-state index < -0.39 is 5.54 Å². The molecule has 0 aliphatic heterocycles. The number of nitrogens with one attached hydrogen (secondary N) is 1. The Kier molecular flexibility index (Phi) is 4.74. The number of hydrogen-bond acceptors (Lipinski definition) is 4. The van der Waals surface area contributed by atoms with Crippen LogP contribution < -0.4 is 5.32 Å². The number of amides is 2. The molecule has 1 fully saturated rings. The van der Waals surface area contributed by atoms with Crippen LogP contribution in [0.15, 0.2) is 24.3 Å². The topological polar surface area (TPSA) is 75.9 Å². The normalized spacial score (nSPS) is 23.3. The van der Waals surface area contributed by atoms with E-state index in [0.717, 1.165) is 42.8 Å². The molecule has 2 amide bonds. The lowest BCUT2D eigenvalue weighted by Crippen LogP contribution is -2.53. The quantitative estimate of drug-likeness (QED) is 0.930. The highest BCUT2D eigenvalue weighted by molar-refractivity contribution is 5.74. The lowest BCUT2D eigenvalue weighted by atomic mass is 9.75. The van der Waals surface area contributed by atoms with E-state index >= 15 is 0 Å². The molecule has 1 aliphatic rings. The van der Waals surface area contributed by atoms with E-state index in [1.54, 1.807) is 16.6 Å². The average molecular weight is 342 g/mol. The zero-order valence-corrected chi connectivity index (χ0v) is 15.4. The number of hydrogen-bond donors (Lipinski definition) is 1. The number of urea groups is 1. The highest BCUT2D eigenvalue weighted by Gasteiger charge is 2.46. The fourth-order valence-corrected chi connectivity index (χ4v) is 3.75. The molecule has 1 saturated carbocycles. The van der Waals surface area contributed by atoms with E-state index in [1.165, 1.54) is 0 Å². The summed E-state index contributed by atoms with van der Waals surface area (Å²) in [5.41, 5.74) is 1.54. The molecule has 0 bridgehead atoms. The predicted octanol–water partition coefficient (Wildman–Crippen LogP) is 2.65. The zero-order valence-electron chi connectivity index (χ0n) is 15.4. The maximum Gasteiger partial charge on any atom is 0.317 e. The number of rotatable bonds is 3. The second-order valence-electron chi connectivity index (χ2n) is 7.03. The SMILES string of the molecule is CNC(=O)N(C)C1(c2nnnn2-c2ccccc2C)CCC(C)CC1. The Morgan fingerprint density at radius 2 is 2.00 bits per heavy atom. The molecule has 134 valence electrons. The molecule has 3 rings (SSSR count). The highest BCUT2D eigenvalue weighted by atomic mass is 16.2. The molecular weight excluding hydrogens is 316 g/mol. The monoisotopic (exact) mass is 342 g/mol. The van der Waals surface area contributed by atoms with Crippen LogP contribution in [0.4, 0.5) is 4.79 Å². The zero-order chi connectivity index (χ0) is 18.0. The number of tetrazole rings is 1. The lowest BCUT2D eigenvalue weighted by Gasteiger charge is -2.44. The number of carbonyl (C=O) groups is 1. The highest BCUT2D eigenvalue weighted by Crippen LogP contribution is 2.43. The number of para-hydroxylation sites is 1. The van der Waals surface area contributed by atoms with Crippen LogP contribution in [0.2, 0.25) is 0 Å². The van der Waals surface area contributed by atoms with Gasteiger partial charge >= 0.3 is 6.03 Å². The van der Waals surface area contributed by atoms with Gasteiger partial charge in [0, 0.05) is 14.1 Å². The van der Waals surface area contributed by atoms with Crippen LogP contribution in [0.1, 0.15) is 44.0 Å². The molecule has 7 heteroatoms. The Hall–Kier alpha value is -2.44. The molecule has 0 unspecified atom stereocenters. The van der Waals surface area contributed by atoms with Crippen LogP contribution in [0.25, 0.3) is 5.69 Å². The van der Waals surface area contributed by atoms with Gasteiger partial charge in [-0.2, -0.15) is 4.68 Å². The van der Waals surface area contributed by atoms with Crippen molar-refractivity contribution in [1.82, 2.24) is 30.4 Å². The van der Waals surface area contributed by atoms with Gasteiger partial charge in [0.1, 0.15) is 5.54 Å². The van der Waals surface area contributed by atoms with E-state index in [9.17, 15) is 4.79 Å². The molecule has 0 radical (unpaired) electrons. The van der Waals surface area contributed by atoms with Gasteiger partial charge in [0.05, 0.1) is 5.69 Å². The van der Waals surface area contributed by atoms with Crippen LogP contribution in [0.3, 0.4) is 0 Å². The summed E-state index contributed by atoms with van der Waals surface area (Å²) in [5.74, 6) is 1.38. The average Bonchev–Trinajstić information content (AvgIpc) is 3.12. The van der Waals surface area contributed by atoms with Crippen LogP contribution in [0, 0.1) is 12.8 Å². The molecule has 1 aromatic carbocycles. The molecule has 1 heterocycles. The number of carbonyl (C=O) groups excluding carboxylic acids is 1. The van der Waals surface area contributed by atoms with Gasteiger partial charge < -0.3 is 10.2 Å². The smallest absolute Gasteiger partial charge is 0.317 e. The van der Waals surface area contributed by atoms with E-state index in [2.05, 4.69) is 27.8 Å². The molecular formula is C18H26N6O. The van der Waals surface area contributed by atoms with Crippen molar-refractivity contribution in [3.05, 3.63) is 35.7 Å². The molecule has 2 aromatic rings. The number of aromatic nitrogens is 4. The molecule has 1 N–H and O–H groups in total. The van der Waals surface area contributed by atoms with Crippen molar-refractivity contribution in [2.75, 3.05) is 14.1 Å². The first kappa shape index (κ1) is 17.4. The first-order valence-electron chi connectivity index (χ1n) is 8.80. The maximum absolute atomic E-state index is 12.4. The third-order valence-corrected chi connectivity index (χ3v) is 5.49. The van der Waals surface area contributed by atoms with Gasteiger partial charge in [0.15, 0.2) is 5.82 Å². The van der Waals surface area contributed by atoms with Crippen molar-refractivity contribution in [2.24, 2.45) is 5.92 Å². The lowest BCUT2D eigenvalue weighted by molar-refractivity contribution is 0.0732. The van der Waals surface area contributed by atoms with E-state index in [1.807, 2.05) is 38.2 Å². The summed E-state index contributed by atoms with van der Waals surface area (Å²) in [5, 5.41) is 15.3. The molecule has 1 aliphatic carbocycles. The summed E-state index contributed by atoms with van der Waals surface area (Å²) in [6, 6.07) is 7.91. The summed E-state index contributed by atoms with van der Waals surface area (Å²) >= 11 is 0. The van der Waals surface area contributed by atoms with E-state index in [-0.39, 0.29) is 6.03 Å². The van der Waals surface area contributed by atoms with Gasteiger partial charge in [-0.25, -0.2) is 4.79 Å². The molecule has 1 aromatic heterocycles. The van der Waals surface area contributed by atoms with Crippen LogP contribution in [-0.4, -0.2) is 45.2 Å². The Morgan fingerprint density at radius 1 is 1.32 bits per heavy atom. The minimum atomic E-state index is -0.502. The maximum atomic E-state index is 12.4. The predicted molar refractivity (Wildman–Crippen MR) is 95.4 cm³/mol. The Morgan fingerprint density at radius 3 is 2.64 bits per heavy atom. The van der Waals surface area contributed by atoms with Gasteiger partial charge in [-0.3, -0.25) is 0 Å². The van der Waals surface area contributed by atoms with Crippen molar-refractivity contribution in [2.45, 2.75) is 45.1 Å².